The van der Waals surface area contributed by atoms with Crippen LogP contribution in [-0.4, -0.2) is 20.9 Å². The summed E-state index contributed by atoms with van der Waals surface area (Å²) >= 11 is 0. The van der Waals surface area contributed by atoms with Gasteiger partial charge in [0.05, 0.1) is 17.7 Å². The number of fused-ring (bicyclic) bond motifs is 1. The molecule has 0 unspecified atom stereocenters. The topological polar surface area (TPSA) is 67.8 Å². The molecule has 1 aliphatic carbocycles. The van der Waals surface area contributed by atoms with Crippen LogP contribution in [0.2, 0.25) is 0 Å². The molecule has 148 valence electrons. The molecule has 0 saturated carbocycles. The first kappa shape index (κ1) is 19.2. The average Bonchev–Trinajstić information content (AvgIpc) is 2.73. The van der Waals surface area contributed by atoms with Crippen LogP contribution in [0.5, 0.6) is 0 Å². The number of aromatic nitrogens is 3. The number of amides is 1. The van der Waals surface area contributed by atoms with E-state index in [9.17, 15) is 4.79 Å². The smallest absolute Gasteiger partial charge is 0.227 e. The summed E-state index contributed by atoms with van der Waals surface area (Å²) in [4.78, 5) is 26.5. The Balaban J connectivity index is 1.61. The molecular weight excluding hydrogens is 360 g/mol. The molecule has 2 aromatic heterocycles. The molecule has 1 amide bonds. The van der Waals surface area contributed by atoms with Gasteiger partial charge >= 0.3 is 0 Å². The van der Waals surface area contributed by atoms with E-state index in [1.807, 2.05) is 55.6 Å². The van der Waals surface area contributed by atoms with Crippen LogP contribution >= 0.6 is 0 Å². The van der Waals surface area contributed by atoms with Gasteiger partial charge in [-0.2, -0.15) is 0 Å². The van der Waals surface area contributed by atoms with Gasteiger partial charge in [0, 0.05) is 29.7 Å². The molecule has 2 heterocycles. The maximum Gasteiger partial charge on any atom is 0.227 e. The number of benzene rings is 1. The number of hydrogen-bond donors (Lipinski definition) is 1. The van der Waals surface area contributed by atoms with Gasteiger partial charge in [0.15, 0.2) is 5.82 Å². The molecule has 0 aliphatic heterocycles. The maximum absolute atomic E-state index is 13.0. The highest BCUT2D eigenvalue weighted by Crippen LogP contribution is 2.40. The number of rotatable bonds is 4. The minimum Gasteiger partial charge on any atom is -0.349 e. The van der Waals surface area contributed by atoms with E-state index in [1.54, 1.807) is 12.4 Å². The van der Waals surface area contributed by atoms with Crippen molar-refractivity contribution in [3.8, 4) is 11.4 Å². The molecule has 3 aromatic rings. The molecule has 0 saturated heterocycles. The summed E-state index contributed by atoms with van der Waals surface area (Å²) in [6.45, 7) is 6.40. The summed E-state index contributed by atoms with van der Waals surface area (Å²) in [5.74, 6) is 0.524. The van der Waals surface area contributed by atoms with Crippen molar-refractivity contribution in [2.75, 3.05) is 0 Å². The van der Waals surface area contributed by atoms with Crippen LogP contribution in [0.1, 0.15) is 56.0 Å². The largest absolute Gasteiger partial charge is 0.349 e. The zero-order chi connectivity index (χ0) is 20.4. The SMILES string of the molecule is C[C@@H](C(=O)N[C@H]1CC(C)(C)Cc2nc(-c3ccncc3)ncc21)c1ccccc1. The zero-order valence-corrected chi connectivity index (χ0v) is 17.1. The van der Waals surface area contributed by atoms with Gasteiger partial charge in [-0.05, 0) is 42.9 Å². The lowest BCUT2D eigenvalue weighted by Crippen LogP contribution is -2.38. The minimum absolute atomic E-state index is 0.0306. The van der Waals surface area contributed by atoms with Crippen molar-refractivity contribution in [3.63, 3.8) is 0 Å². The van der Waals surface area contributed by atoms with Crippen LogP contribution in [0.15, 0.2) is 61.1 Å². The fourth-order valence-corrected chi connectivity index (χ4v) is 4.01. The third kappa shape index (κ3) is 4.19. The second-order valence-corrected chi connectivity index (χ2v) is 8.57. The van der Waals surface area contributed by atoms with E-state index in [-0.39, 0.29) is 23.3 Å². The van der Waals surface area contributed by atoms with Crippen molar-refractivity contribution in [2.45, 2.75) is 45.6 Å². The van der Waals surface area contributed by atoms with Crippen molar-refractivity contribution in [1.29, 1.82) is 0 Å². The van der Waals surface area contributed by atoms with Crippen LogP contribution in [0, 0.1) is 5.41 Å². The van der Waals surface area contributed by atoms with E-state index in [0.717, 1.165) is 35.2 Å². The molecule has 0 spiro atoms. The standard InChI is InChI=1S/C24H26N4O/c1-16(17-7-5-4-6-8-17)23(29)28-21-14-24(2,3)13-20-19(21)15-26-22(27-20)18-9-11-25-12-10-18/h4-12,15-16,21H,13-14H2,1-3H3,(H,28,29)/t16-,21+/m1/s1. The highest BCUT2D eigenvalue weighted by molar-refractivity contribution is 5.83. The van der Waals surface area contributed by atoms with Gasteiger partial charge in [0.1, 0.15) is 0 Å². The Morgan fingerprint density at radius 2 is 1.86 bits per heavy atom. The summed E-state index contributed by atoms with van der Waals surface area (Å²) in [5.41, 5.74) is 4.05. The van der Waals surface area contributed by atoms with Crippen molar-refractivity contribution in [3.05, 3.63) is 77.9 Å². The van der Waals surface area contributed by atoms with Gasteiger partial charge in [0.25, 0.3) is 0 Å². The van der Waals surface area contributed by atoms with Gasteiger partial charge < -0.3 is 5.32 Å². The van der Waals surface area contributed by atoms with Gasteiger partial charge in [-0.15, -0.1) is 0 Å². The lowest BCUT2D eigenvalue weighted by Gasteiger charge is -2.37. The number of nitrogens with zero attached hydrogens (tertiary/aromatic N) is 3. The number of nitrogens with one attached hydrogen (secondary N) is 1. The van der Waals surface area contributed by atoms with E-state index < -0.39 is 0 Å². The first-order chi connectivity index (χ1) is 13.9. The van der Waals surface area contributed by atoms with E-state index in [2.05, 4.69) is 29.1 Å². The second-order valence-electron chi connectivity index (χ2n) is 8.57. The van der Waals surface area contributed by atoms with Crippen LogP contribution in [0.4, 0.5) is 0 Å². The number of hydrogen-bond acceptors (Lipinski definition) is 4. The molecule has 5 nitrogen and oxygen atoms in total. The molecule has 0 fully saturated rings. The average molecular weight is 386 g/mol. The van der Waals surface area contributed by atoms with Crippen molar-refractivity contribution in [1.82, 2.24) is 20.3 Å². The molecule has 1 N–H and O–H groups in total. The Kier molecular flexibility index (Phi) is 5.14. The van der Waals surface area contributed by atoms with E-state index in [0.29, 0.717) is 5.82 Å². The molecule has 5 heteroatoms. The number of pyridine rings is 1. The zero-order valence-electron chi connectivity index (χ0n) is 17.1. The predicted molar refractivity (Wildman–Crippen MR) is 113 cm³/mol. The third-order valence-electron chi connectivity index (χ3n) is 5.63. The summed E-state index contributed by atoms with van der Waals surface area (Å²) in [7, 11) is 0. The quantitative estimate of drug-likeness (QED) is 0.718. The monoisotopic (exact) mass is 386 g/mol. The van der Waals surface area contributed by atoms with E-state index >= 15 is 0 Å². The third-order valence-corrected chi connectivity index (χ3v) is 5.63. The van der Waals surface area contributed by atoms with Gasteiger partial charge in [0.2, 0.25) is 5.91 Å². The molecular formula is C24H26N4O. The Hall–Kier alpha value is -3.08. The van der Waals surface area contributed by atoms with Crippen molar-refractivity contribution in [2.24, 2.45) is 5.41 Å². The molecule has 29 heavy (non-hydrogen) atoms. The van der Waals surface area contributed by atoms with E-state index in [1.165, 1.54) is 0 Å². The van der Waals surface area contributed by atoms with Crippen LogP contribution < -0.4 is 5.32 Å². The molecule has 1 aromatic carbocycles. The van der Waals surface area contributed by atoms with Crippen molar-refractivity contribution < 1.29 is 4.79 Å². The van der Waals surface area contributed by atoms with Crippen LogP contribution in [0.25, 0.3) is 11.4 Å². The summed E-state index contributed by atoms with van der Waals surface area (Å²) in [5, 5.41) is 3.26. The van der Waals surface area contributed by atoms with Crippen LogP contribution in [0.3, 0.4) is 0 Å². The van der Waals surface area contributed by atoms with E-state index in [4.69, 9.17) is 4.98 Å². The van der Waals surface area contributed by atoms with Crippen LogP contribution in [-0.2, 0) is 11.2 Å². The predicted octanol–water partition coefficient (Wildman–Crippen LogP) is 4.47. The lowest BCUT2D eigenvalue weighted by molar-refractivity contribution is -0.123. The second kappa shape index (κ2) is 7.74. The Labute approximate surface area is 171 Å². The summed E-state index contributed by atoms with van der Waals surface area (Å²) in [6.07, 6.45) is 7.10. The van der Waals surface area contributed by atoms with Gasteiger partial charge in [-0.3, -0.25) is 9.78 Å². The molecule has 1 aliphatic rings. The number of carbonyl (C=O) groups excluding carboxylic acids is 1. The van der Waals surface area contributed by atoms with Gasteiger partial charge in [-0.1, -0.05) is 44.2 Å². The summed E-state index contributed by atoms with van der Waals surface area (Å²) < 4.78 is 0. The first-order valence-corrected chi connectivity index (χ1v) is 10.0. The molecule has 2 atom stereocenters. The lowest BCUT2D eigenvalue weighted by atomic mass is 9.74. The van der Waals surface area contributed by atoms with Crippen molar-refractivity contribution >= 4 is 5.91 Å². The minimum atomic E-state index is -0.207. The normalized spacial score (nSPS) is 18.5. The Bertz CT molecular complexity index is 1000. The first-order valence-electron chi connectivity index (χ1n) is 10.0. The molecule has 0 radical (unpaired) electrons. The van der Waals surface area contributed by atoms with Gasteiger partial charge in [-0.25, -0.2) is 9.97 Å². The Morgan fingerprint density at radius 1 is 1.14 bits per heavy atom. The molecule has 4 rings (SSSR count). The fraction of sp³-hybridized carbons (Fsp3) is 0.333. The Morgan fingerprint density at radius 3 is 2.59 bits per heavy atom. The number of carbonyl (C=O) groups is 1. The maximum atomic E-state index is 13.0. The summed E-state index contributed by atoms with van der Waals surface area (Å²) in [6, 6.07) is 13.6. The highest BCUT2D eigenvalue weighted by atomic mass is 16.1. The molecule has 0 bridgehead atoms. The highest BCUT2D eigenvalue weighted by Gasteiger charge is 2.35. The fourth-order valence-electron chi connectivity index (χ4n) is 4.01.